The number of cyclic esters (lactones) is 1. The molecule has 2 N–H and O–H groups in total. The molecule has 2 amide bonds. The molecule has 0 radical (unpaired) electrons. The van der Waals surface area contributed by atoms with E-state index in [1.165, 1.54) is 6.26 Å². The van der Waals surface area contributed by atoms with Crippen LogP contribution in [0.5, 0.6) is 0 Å². The second-order valence-electron chi connectivity index (χ2n) is 7.27. The van der Waals surface area contributed by atoms with Gasteiger partial charge >= 0.3 is 5.97 Å². The third-order valence-electron chi connectivity index (χ3n) is 4.97. The maximum Gasteiger partial charge on any atom is 0.339 e. The summed E-state index contributed by atoms with van der Waals surface area (Å²) in [6.07, 6.45) is 1.75. The first-order valence-electron chi connectivity index (χ1n) is 9.48. The van der Waals surface area contributed by atoms with Crippen molar-refractivity contribution in [2.75, 3.05) is 5.32 Å². The summed E-state index contributed by atoms with van der Waals surface area (Å²) in [6, 6.07) is 17.4. The van der Waals surface area contributed by atoms with Crippen molar-refractivity contribution in [2.45, 2.75) is 25.5 Å². The second kappa shape index (κ2) is 7.87. The predicted octanol–water partition coefficient (Wildman–Crippen LogP) is 3.32. The van der Waals surface area contributed by atoms with Crippen LogP contribution in [0.25, 0.3) is 0 Å². The second-order valence-corrected chi connectivity index (χ2v) is 7.27. The quantitative estimate of drug-likeness (QED) is 0.636. The van der Waals surface area contributed by atoms with E-state index in [1.807, 2.05) is 12.1 Å². The molecule has 3 aromatic rings. The van der Waals surface area contributed by atoms with Crippen molar-refractivity contribution in [1.82, 2.24) is 5.32 Å². The molecule has 152 valence electrons. The van der Waals surface area contributed by atoms with E-state index in [2.05, 4.69) is 10.6 Å². The molecule has 0 saturated carbocycles. The fourth-order valence-electron chi connectivity index (χ4n) is 3.34. The third-order valence-corrected chi connectivity index (χ3v) is 4.97. The number of benzene rings is 2. The first kappa shape index (κ1) is 19.4. The van der Waals surface area contributed by atoms with Crippen LogP contribution in [-0.4, -0.2) is 23.4 Å². The van der Waals surface area contributed by atoms with Crippen molar-refractivity contribution in [3.05, 3.63) is 89.4 Å². The standard InChI is InChI=1S/C23H20N2O5/c1-23(13-16-5-2-3-6-18(16)21(27)30-23)22(28)24-14-15-8-10-17(11-9-15)25-20(26)19-7-4-12-29-19/h2-12H,13-14H2,1H3,(H,24,28)(H,25,26). The van der Waals surface area contributed by atoms with Crippen LogP contribution in [0.3, 0.4) is 0 Å². The zero-order chi connectivity index (χ0) is 21.1. The summed E-state index contributed by atoms with van der Waals surface area (Å²) >= 11 is 0. The van der Waals surface area contributed by atoms with E-state index in [-0.39, 0.29) is 24.1 Å². The van der Waals surface area contributed by atoms with Gasteiger partial charge in [-0.2, -0.15) is 0 Å². The molecule has 0 saturated heterocycles. The van der Waals surface area contributed by atoms with Gasteiger partial charge in [0.05, 0.1) is 11.8 Å². The summed E-state index contributed by atoms with van der Waals surface area (Å²) in [5.41, 5.74) is 1.47. The van der Waals surface area contributed by atoms with E-state index in [9.17, 15) is 14.4 Å². The van der Waals surface area contributed by atoms with Crippen molar-refractivity contribution in [2.24, 2.45) is 0 Å². The Bertz CT molecular complexity index is 1090. The highest BCUT2D eigenvalue weighted by Crippen LogP contribution is 2.28. The molecule has 0 aliphatic carbocycles. The number of carbonyl (C=O) groups excluding carboxylic acids is 3. The van der Waals surface area contributed by atoms with E-state index in [0.29, 0.717) is 17.7 Å². The fraction of sp³-hybridized carbons (Fsp3) is 0.174. The lowest BCUT2D eigenvalue weighted by atomic mass is 9.89. The average Bonchev–Trinajstić information content (AvgIpc) is 3.28. The first-order chi connectivity index (χ1) is 14.4. The monoisotopic (exact) mass is 404 g/mol. The molecule has 1 atom stereocenters. The Labute approximate surface area is 173 Å². The summed E-state index contributed by atoms with van der Waals surface area (Å²) < 4.78 is 10.5. The van der Waals surface area contributed by atoms with Gasteiger partial charge in [-0.05, 0) is 48.4 Å². The number of carbonyl (C=O) groups is 3. The van der Waals surface area contributed by atoms with E-state index in [1.54, 1.807) is 55.5 Å². The van der Waals surface area contributed by atoms with E-state index < -0.39 is 11.6 Å². The minimum atomic E-state index is -1.26. The zero-order valence-corrected chi connectivity index (χ0v) is 16.3. The van der Waals surface area contributed by atoms with Gasteiger partial charge in [0.1, 0.15) is 0 Å². The molecule has 1 aliphatic rings. The number of amides is 2. The lowest BCUT2D eigenvalue weighted by Crippen LogP contribution is -2.51. The van der Waals surface area contributed by atoms with Gasteiger partial charge in [-0.15, -0.1) is 0 Å². The van der Waals surface area contributed by atoms with Crippen LogP contribution < -0.4 is 10.6 Å². The smallest absolute Gasteiger partial charge is 0.339 e. The number of furan rings is 1. The Balaban J connectivity index is 1.36. The van der Waals surface area contributed by atoms with Crippen LogP contribution in [0.2, 0.25) is 0 Å². The van der Waals surface area contributed by atoms with Gasteiger partial charge in [0.15, 0.2) is 11.4 Å². The lowest BCUT2D eigenvalue weighted by molar-refractivity contribution is -0.139. The van der Waals surface area contributed by atoms with Gasteiger partial charge < -0.3 is 19.8 Å². The zero-order valence-electron chi connectivity index (χ0n) is 16.3. The predicted molar refractivity (Wildman–Crippen MR) is 109 cm³/mol. The molecule has 4 rings (SSSR count). The van der Waals surface area contributed by atoms with Gasteiger partial charge in [0.2, 0.25) is 0 Å². The van der Waals surface area contributed by atoms with Crippen molar-refractivity contribution in [3.8, 4) is 0 Å². The summed E-state index contributed by atoms with van der Waals surface area (Å²) in [6.45, 7) is 1.88. The van der Waals surface area contributed by atoms with Crippen molar-refractivity contribution in [1.29, 1.82) is 0 Å². The van der Waals surface area contributed by atoms with E-state index in [0.717, 1.165) is 11.1 Å². The van der Waals surface area contributed by atoms with Gasteiger partial charge in [-0.25, -0.2) is 4.79 Å². The molecule has 7 heteroatoms. The Hall–Kier alpha value is -3.87. The molecule has 30 heavy (non-hydrogen) atoms. The maximum absolute atomic E-state index is 12.7. The normalized spacial score (nSPS) is 17.6. The molecule has 2 heterocycles. The largest absolute Gasteiger partial charge is 0.459 e. The molecule has 1 aromatic heterocycles. The number of ether oxygens (including phenoxy) is 1. The van der Waals surface area contributed by atoms with Crippen molar-refractivity contribution >= 4 is 23.5 Å². The first-order valence-corrected chi connectivity index (χ1v) is 9.48. The van der Waals surface area contributed by atoms with E-state index in [4.69, 9.17) is 9.15 Å². The topological polar surface area (TPSA) is 97.6 Å². The van der Waals surface area contributed by atoms with Gasteiger partial charge in [0, 0.05) is 18.7 Å². The summed E-state index contributed by atoms with van der Waals surface area (Å²) in [4.78, 5) is 37.0. The SMILES string of the molecule is CC1(C(=O)NCc2ccc(NC(=O)c3ccco3)cc2)Cc2ccccc2C(=O)O1. The van der Waals surface area contributed by atoms with E-state index >= 15 is 0 Å². The van der Waals surface area contributed by atoms with Gasteiger partial charge in [-0.3, -0.25) is 9.59 Å². The molecule has 1 unspecified atom stereocenters. The number of esters is 1. The number of hydrogen-bond donors (Lipinski definition) is 2. The highest BCUT2D eigenvalue weighted by atomic mass is 16.6. The lowest BCUT2D eigenvalue weighted by Gasteiger charge is -2.33. The maximum atomic E-state index is 12.7. The Kier molecular flexibility index (Phi) is 5.10. The number of rotatable bonds is 5. The summed E-state index contributed by atoms with van der Waals surface area (Å²) in [5.74, 6) is -0.969. The molecular weight excluding hydrogens is 384 g/mol. The molecular formula is C23H20N2O5. The summed E-state index contributed by atoms with van der Waals surface area (Å²) in [5, 5.41) is 5.56. The number of hydrogen-bond acceptors (Lipinski definition) is 5. The highest BCUT2D eigenvalue weighted by molar-refractivity contribution is 6.02. The Morgan fingerprint density at radius 1 is 1.03 bits per heavy atom. The van der Waals surface area contributed by atoms with Crippen LogP contribution in [0.4, 0.5) is 5.69 Å². The molecule has 2 aromatic carbocycles. The molecule has 7 nitrogen and oxygen atoms in total. The van der Waals surface area contributed by atoms with Crippen molar-refractivity contribution < 1.29 is 23.5 Å². The Morgan fingerprint density at radius 3 is 2.53 bits per heavy atom. The van der Waals surface area contributed by atoms with Crippen molar-refractivity contribution in [3.63, 3.8) is 0 Å². The number of nitrogens with one attached hydrogen (secondary N) is 2. The number of fused-ring (bicyclic) bond motifs is 1. The minimum Gasteiger partial charge on any atom is -0.459 e. The molecule has 0 bridgehead atoms. The fourth-order valence-corrected chi connectivity index (χ4v) is 3.34. The molecule has 1 aliphatic heterocycles. The average molecular weight is 404 g/mol. The van der Waals surface area contributed by atoms with Crippen LogP contribution >= 0.6 is 0 Å². The van der Waals surface area contributed by atoms with Gasteiger partial charge in [0.25, 0.3) is 11.8 Å². The van der Waals surface area contributed by atoms with Gasteiger partial charge in [-0.1, -0.05) is 30.3 Å². The number of anilines is 1. The van der Waals surface area contributed by atoms with Crippen LogP contribution in [0.15, 0.2) is 71.3 Å². The van der Waals surface area contributed by atoms with Crippen LogP contribution in [0, 0.1) is 0 Å². The minimum absolute atomic E-state index is 0.225. The summed E-state index contributed by atoms with van der Waals surface area (Å²) in [7, 11) is 0. The Morgan fingerprint density at radius 2 is 1.80 bits per heavy atom. The molecule has 0 spiro atoms. The third kappa shape index (κ3) is 3.96. The van der Waals surface area contributed by atoms with Crippen LogP contribution in [-0.2, 0) is 22.5 Å². The highest BCUT2D eigenvalue weighted by Gasteiger charge is 2.42. The van der Waals surface area contributed by atoms with Crippen LogP contribution in [0.1, 0.15) is 39.0 Å². The molecule has 0 fully saturated rings.